The zero-order chi connectivity index (χ0) is 19.8. The van der Waals surface area contributed by atoms with Crippen molar-refractivity contribution < 1.29 is 28.5 Å². The molecule has 1 saturated carbocycles. The molecular weight excluding hydrogens is 360 g/mol. The van der Waals surface area contributed by atoms with Gasteiger partial charge in [-0.3, -0.25) is 9.59 Å². The van der Waals surface area contributed by atoms with E-state index in [0.29, 0.717) is 52.1 Å². The molecule has 6 heteroatoms. The molecule has 0 N–H and O–H groups in total. The van der Waals surface area contributed by atoms with Crippen molar-refractivity contribution in [2.75, 3.05) is 26.4 Å². The van der Waals surface area contributed by atoms with Crippen molar-refractivity contribution in [3.8, 4) is 0 Å². The van der Waals surface area contributed by atoms with Gasteiger partial charge in [-0.15, -0.1) is 0 Å². The number of ether oxygens (including phenoxy) is 4. The van der Waals surface area contributed by atoms with Crippen molar-refractivity contribution in [1.82, 2.24) is 0 Å². The summed E-state index contributed by atoms with van der Waals surface area (Å²) in [5, 5.41) is 0. The van der Waals surface area contributed by atoms with E-state index >= 15 is 0 Å². The minimum absolute atomic E-state index is 0.178. The molecule has 2 saturated heterocycles. The lowest BCUT2D eigenvalue weighted by molar-refractivity contribution is -0.157. The fourth-order valence-electron chi connectivity index (χ4n) is 5.31. The third kappa shape index (κ3) is 4.11. The van der Waals surface area contributed by atoms with Crippen molar-refractivity contribution in [2.45, 2.75) is 63.9 Å². The lowest BCUT2D eigenvalue weighted by Crippen LogP contribution is -2.46. The van der Waals surface area contributed by atoms with Crippen LogP contribution in [0.5, 0.6) is 0 Å². The van der Waals surface area contributed by atoms with Crippen LogP contribution in [0.25, 0.3) is 0 Å². The Labute approximate surface area is 166 Å². The number of Topliss-reactive ketones (excluding diaryl/α,β-unsaturated/α-hetero) is 2. The van der Waals surface area contributed by atoms with Crippen molar-refractivity contribution in [3.63, 3.8) is 0 Å². The number of hydrogen-bond acceptors (Lipinski definition) is 6. The van der Waals surface area contributed by atoms with Crippen molar-refractivity contribution in [3.05, 3.63) is 12.2 Å². The first-order valence-electron chi connectivity index (χ1n) is 10.7. The van der Waals surface area contributed by atoms with Crippen LogP contribution in [0.4, 0.5) is 0 Å². The van der Waals surface area contributed by atoms with Gasteiger partial charge in [0.25, 0.3) is 0 Å². The van der Waals surface area contributed by atoms with E-state index in [1.54, 1.807) is 0 Å². The highest BCUT2D eigenvalue weighted by Crippen LogP contribution is 2.47. The van der Waals surface area contributed by atoms with Crippen molar-refractivity contribution in [2.24, 2.45) is 23.7 Å². The van der Waals surface area contributed by atoms with Gasteiger partial charge in [0, 0.05) is 37.5 Å². The van der Waals surface area contributed by atoms with Gasteiger partial charge < -0.3 is 18.9 Å². The van der Waals surface area contributed by atoms with Crippen LogP contribution in [0.15, 0.2) is 12.2 Å². The molecule has 5 rings (SSSR count). The number of carbonyl (C=O) groups excluding carboxylic acids is 2. The van der Waals surface area contributed by atoms with Crippen LogP contribution >= 0.6 is 0 Å². The molecule has 28 heavy (non-hydrogen) atoms. The summed E-state index contributed by atoms with van der Waals surface area (Å²) in [4.78, 5) is 26.4. The average Bonchev–Trinajstić information content (AvgIpc) is 3.34. The molecule has 0 spiro atoms. The smallest absolute Gasteiger partial charge is 0.166 e. The summed E-state index contributed by atoms with van der Waals surface area (Å²) in [5.41, 5.74) is 0. The molecule has 5 aliphatic rings. The number of ketones is 2. The van der Waals surface area contributed by atoms with Crippen LogP contribution in [-0.2, 0) is 28.5 Å². The Morgan fingerprint density at radius 2 is 1.11 bits per heavy atom. The van der Waals surface area contributed by atoms with Crippen LogP contribution in [0.1, 0.15) is 52.4 Å². The molecule has 156 valence electrons. The van der Waals surface area contributed by atoms with Crippen LogP contribution in [-0.4, -0.2) is 49.6 Å². The Bertz CT molecular complexity index is 575. The zero-order valence-electron chi connectivity index (χ0n) is 17.0. The van der Waals surface area contributed by atoms with Gasteiger partial charge in [0.2, 0.25) is 0 Å². The summed E-state index contributed by atoms with van der Waals surface area (Å²) in [6.07, 6.45) is 8.20. The average molecular weight is 392 g/mol. The number of carbonyl (C=O) groups is 2. The Morgan fingerprint density at radius 3 is 1.43 bits per heavy atom. The highest BCUT2D eigenvalue weighted by molar-refractivity contribution is 5.91. The molecule has 2 bridgehead atoms. The van der Waals surface area contributed by atoms with Gasteiger partial charge in [-0.05, 0) is 38.5 Å². The van der Waals surface area contributed by atoms with Crippen LogP contribution in [0, 0.1) is 23.7 Å². The minimum atomic E-state index is -0.662. The molecule has 3 fully saturated rings. The molecule has 0 aromatic carbocycles. The second kappa shape index (κ2) is 7.98. The fraction of sp³-hybridized carbons (Fsp3) is 0.818. The lowest BCUT2D eigenvalue weighted by atomic mass is 9.59. The molecule has 2 heterocycles. The third-order valence-electron chi connectivity index (χ3n) is 6.94. The van der Waals surface area contributed by atoms with Gasteiger partial charge >= 0.3 is 0 Å². The maximum atomic E-state index is 13.2. The molecule has 2 aliphatic heterocycles. The maximum Gasteiger partial charge on any atom is 0.166 e. The first-order valence-corrected chi connectivity index (χ1v) is 10.7. The first kappa shape index (κ1) is 20.2. The van der Waals surface area contributed by atoms with E-state index in [0.717, 1.165) is 12.8 Å². The van der Waals surface area contributed by atoms with Crippen molar-refractivity contribution in [1.29, 1.82) is 0 Å². The van der Waals surface area contributed by atoms with E-state index in [-0.39, 0.29) is 35.2 Å². The highest BCUT2D eigenvalue weighted by Gasteiger charge is 2.48. The summed E-state index contributed by atoms with van der Waals surface area (Å²) in [5.74, 6) is -1.03. The van der Waals surface area contributed by atoms with Gasteiger partial charge in [0.05, 0.1) is 26.4 Å². The summed E-state index contributed by atoms with van der Waals surface area (Å²) in [7, 11) is 0. The van der Waals surface area contributed by atoms with Crippen molar-refractivity contribution >= 4 is 11.6 Å². The number of rotatable bonds is 8. The molecular formula is C22H32O6. The maximum absolute atomic E-state index is 13.2. The monoisotopic (exact) mass is 392 g/mol. The van der Waals surface area contributed by atoms with Gasteiger partial charge in [0.1, 0.15) is 11.6 Å². The molecule has 0 amide bonds. The molecule has 0 radical (unpaired) electrons. The highest BCUT2D eigenvalue weighted by atomic mass is 16.7. The zero-order valence-corrected chi connectivity index (χ0v) is 17.0. The second-order valence-electron chi connectivity index (χ2n) is 8.94. The van der Waals surface area contributed by atoms with Crippen LogP contribution in [0.2, 0.25) is 0 Å². The third-order valence-corrected chi connectivity index (χ3v) is 6.94. The molecule has 3 aliphatic carbocycles. The quantitative estimate of drug-likeness (QED) is 0.591. The SMILES string of the molecule is CC1(CCC(=O)[C@@H]2[C@@H](C(=O)CCC3(C)OCCO3)[C@H]3C=C[C@@H]2CC3)OCCO1. The van der Waals surface area contributed by atoms with E-state index in [1.807, 2.05) is 13.8 Å². The molecule has 0 aromatic heterocycles. The Balaban J connectivity index is 1.41. The van der Waals surface area contributed by atoms with E-state index in [9.17, 15) is 9.59 Å². The van der Waals surface area contributed by atoms with E-state index < -0.39 is 11.6 Å². The van der Waals surface area contributed by atoms with E-state index in [1.165, 1.54) is 0 Å². The van der Waals surface area contributed by atoms with E-state index in [2.05, 4.69) is 12.2 Å². The lowest BCUT2D eigenvalue weighted by Gasteiger charge is -2.44. The Morgan fingerprint density at radius 1 is 0.750 bits per heavy atom. The molecule has 0 aromatic rings. The largest absolute Gasteiger partial charge is 0.348 e. The number of hydrogen-bond donors (Lipinski definition) is 0. The second-order valence-corrected chi connectivity index (χ2v) is 8.94. The normalized spacial score (nSPS) is 35.4. The molecule has 6 nitrogen and oxygen atoms in total. The number of fused-ring (bicyclic) bond motifs is 2. The van der Waals surface area contributed by atoms with Gasteiger partial charge in [-0.1, -0.05) is 12.2 Å². The summed E-state index contributed by atoms with van der Waals surface area (Å²) in [6.45, 7) is 6.09. The molecule has 4 atom stereocenters. The van der Waals surface area contributed by atoms with Gasteiger partial charge in [-0.25, -0.2) is 0 Å². The molecule has 0 unspecified atom stereocenters. The Hall–Kier alpha value is -1.08. The fourth-order valence-corrected chi connectivity index (χ4v) is 5.31. The summed E-state index contributed by atoms with van der Waals surface area (Å²) in [6, 6.07) is 0. The predicted molar refractivity (Wildman–Crippen MR) is 101 cm³/mol. The summed E-state index contributed by atoms with van der Waals surface area (Å²) < 4.78 is 22.6. The van der Waals surface area contributed by atoms with Crippen LogP contribution < -0.4 is 0 Å². The van der Waals surface area contributed by atoms with Gasteiger partial charge in [0.15, 0.2) is 11.6 Å². The standard InChI is InChI=1S/C22H32O6/c1-21(25-11-12-26-21)9-7-17(23)19-15-3-5-16(6-4-15)20(19)18(24)8-10-22(2)27-13-14-28-22/h3,5,15-16,19-20H,4,6-14H2,1-2H3/t15-,16+,19-,20-/m1/s1. The first-order chi connectivity index (χ1) is 13.4. The summed E-state index contributed by atoms with van der Waals surface area (Å²) >= 11 is 0. The van der Waals surface area contributed by atoms with Crippen LogP contribution in [0.3, 0.4) is 0 Å². The topological polar surface area (TPSA) is 71.1 Å². The number of allylic oxidation sites excluding steroid dienone is 2. The predicted octanol–water partition coefficient (Wildman–Crippen LogP) is 3.04. The van der Waals surface area contributed by atoms with Gasteiger partial charge in [-0.2, -0.15) is 0 Å². The Kier molecular flexibility index (Phi) is 5.76. The van der Waals surface area contributed by atoms with E-state index in [4.69, 9.17) is 18.9 Å². The minimum Gasteiger partial charge on any atom is -0.348 e.